The van der Waals surface area contributed by atoms with Gasteiger partial charge in [0.15, 0.2) is 0 Å². The SMILES string of the molecule is NC(=O)c1c(NC(=O)C(F)(F)C(F)(F)C(F)(F)C(F)(F)C(=O)Nc2sc3c(c2C(N)=O)CCCCC3)sc2c1CCCCC2. The third-order valence-corrected chi connectivity index (χ3v) is 9.96. The van der Waals surface area contributed by atoms with Gasteiger partial charge in [-0.05, 0) is 62.5 Å². The van der Waals surface area contributed by atoms with E-state index in [4.69, 9.17) is 11.5 Å². The topological polar surface area (TPSA) is 144 Å². The molecule has 2 aromatic heterocycles. The van der Waals surface area contributed by atoms with Crippen LogP contribution in [0.25, 0.3) is 0 Å². The van der Waals surface area contributed by atoms with E-state index in [1.807, 2.05) is 0 Å². The van der Waals surface area contributed by atoms with E-state index in [-0.39, 0.29) is 24.0 Å². The lowest BCUT2D eigenvalue weighted by Crippen LogP contribution is -2.67. The molecular weight excluding hydrogens is 648 g/mol. The van der Waals surface area contributed by atoms with Crippen LogP contribution in [0.15, 0.2) is 0 Å². The Bertz CT molecular complexity index is 1390. The van der Waals surface area contributed by atoms with E-state index in [2.05, 4.69) is 0 Å². The summed E-state index contributed by atoms with van der Waals surface area (Å²) in [5.41, 5.74) is 10.2. The highest BCUT2D eigenvalue weighted by molar-refractivity contribution is 7.17. The van der Waals surface area contributed by atoms with Crippen LogP contribution in [0.1, 0.15) is 80.1 Å². The third-order valence-electron chi connectivity index (χ3n) is 7.54. The second-order valence-corrected chi connectivity index (χ2v) is 12.7. The zero-order valence-electron chi connectivity index (χ0n) is 22.7. The first-order valence-corrected chi connectivity index (χ1v) is 15.0. The van der Waals surface area contributed by atoms with Crippen LogP contribution in [0.2, 0.25) is 0 Å². The van der Waals surface area contributed by atoms with Gasteiger partial charge in [0.1, 0.15) is 10.0 Å². The molecule has 0 bridgehead atoms. The van der Waals surface area contributed by atoms with Crippen LogP contribution in [-0.4, -0.2) is 47.3 Å². The Hall–Kier alpha value is -3.28. The summed E-state index contributed by atoms with van der Waals surface area (Å²) in [6.45, 7) is 0. The van der Waals surface area contributed by atoms with E-state index in [0.29, 0.717) is 71.0 Å². The minimum absolute atomic E-state index is 0.233. The number of primary amides is 2. The minimum Gasteiger partial charge on any atom is -0.365 e. The zero-order chi connectivity index (χ0) is 32.8. The van der Waals surface area contributed by atoms with Crippen molar-refractivity contribution in [3.63, 3.8) is 0 Å². The summed E-state index contributed by atoms with van der Waals surface area (Å²) < 4.78 is 118. The van der Waals surface area contributed by atoms with Crippen molar-refractivity contribution in [1.82, 2.24) is 0 Å². The zero-order valence-corrected chi connectivity index (χ0v) is 24.3. The summed E-state index contributed by atoms with van der Waals surface area (Å²) in [7, 11) is 0. The first-order valence-electron chi connectivity index (χ1n) is 13.4. The van der Waals surface area contributed by atoms with Gasteiger partial charge in [0.2, 0.25) is 0 Å². The van der Waals surface area contributed by atoms with Crippen LogP contribution >= 0.6 is 22.7 Å². The van der Waals surface area contributed by atoms with E-state index in [9.17, 15) is 54.3 Å². The molecule has 2 aliphatic carbocycles. The Morgan fingerprint density at radius 2 is 0.864 bits per heavy atom. The van der Waals surface area contributed by atoms with Gasteiger partial charge in [-0.2, -0.15) is 35.1 Å². The van der Waals surface area contributed by atoms with Crippen LogP contribution in [-0.2, 0) is 35.3 Å². The normalized spacial score (nSPS) is 16.3. The van der Waals surface area contributed by atoms with Gasteiger partial charge in [0, 0.05) is 9.75 Å². The Labute approximate surface area is 252 Å². The molecule has 0 saturated carbocycles. The number of aryl methyl sites for hydroxylation is 2. The van der Waals surface area contributed by atoms with Crippen molar-refractivity contribution in [3.8, 4) is 0 Å². The number of nitrogens with one attached hydrogen (secondary N) is 2. The largest absolute Gasteiger partial charge is 0.393 e. The van der Waals surface area contributed by atoms with Crippen molar-refractivity contribution >= 4 is 56.3 Å². The fourth-order valence-corrected chi connectivity index (χ4v) is 7.80. The predicted octanol–water partition coefficient (Wildman–Crippen LogP) is 5.66. The highest BCUT2D eigenvalue weighted by Crippen LogP contribution is 2.54. The molecule has 2 aliphatic rings. The summed E-state index contributed by atoms with van der Waals surface area (Å²) in [6.07, 6.45) is 4.89. The predicted molar refractivity (Wildman–Crippen MR) is 145 cm³/mol. The maximum atomic E-state index is 14.8. The molecule has 4 rings (SSSR count). The first-order chi connectivity index (χ1) is 20.4. The molecule has 242 valence electrons. The molecule has 0 unspecified atom stereocenters. The number of anilines is 2. The fourth-order valence-electron chi connectivity index (χ4n) is 5.23. The Morgan fingerprint density at radius 1 is 0.545 bits per heavy atom. The number of amides is 4. The van der Waals surface area contributed by atoms with Gasteiger partial charge in [-0.1, -0.05) is 12.8 Å². The first kappa shape index (κ1) is 33.6. The molecule has 0 fully saturated rings. The number of carbonyl (C=O) groups excluding carboxylic acids is 4. The van der Waals surface area contributed by atoms with Gasteiger partial charge >= 0.3 is 35.5 Å². The van der Waals surface area contributed by atoms with Gasteiger partial charge in [0.05, 0.1) is 11.1 Å². The van der Waals surface area contributed by atoms with Crippen molar-refractivity contribution in [3.05, 3.63) is 32.0 Å². The molecule has 0 spiro atoms. The highest BCUT2D eigenvalue weighted by Gasteiger charge is 2.84. The number of thiophene rings is 2. The Balaban J connectivity index is 1.62. The number of rotatable bonds is 9. The second kappa shape index (κ2) is 11.9. The number of carbonyl (C=O) groups is 4. The van der Waals surface area contributed by atoms with Crippen LogP contribution in [0, 0.1) is 0 Å². The van der Waals surface area contributed by atoms with Gasteiger partial charge in [-0.3, -0.25) is 19.2 Å². The number of alkyl halides is 8. The van der Waals surface area contributed by atoms with Crippen LogP contribution in [0.4, 0.5) is 45.1 Å². The number of hydrogen-bond donors (Lipinski definition) is 4. The summed E-state index contributed by atoms with van der Waals surface area (Å²) in [6, 6.07) is 0. The molecule has 0 saturated heterocycles. The van der Waals surface area contributed by atoms with E-state index in [0.717, 1.165) is 12.8 Å². The highest BCUT2D eigenvalue weighted by atomic mass is 32.1. The Kier molecular flexibility index (Phi) is 9.10. The average molecular weight is 675 g/mol. The van der Waals surface area contributed by atoms with Crippen molar-refractivity contribution in [2.24, 2.45) is 11.5 Å². The van der Waals surface area contributed by atoms with E-state index in [1.165, 1.54) is 10.6 Å². The smallest absolute Gasteiger partial charge is 0.365 e. The number of fused-ring (bicyclic) bond motifs is 2. The van der Waals surface area contributed by atoms with Gasteiger partial charge in [-0.25, -0.2) is 0 Å². The summed E-state index contributed by atoms with van der Waals surface area (Å²) in [5.74, 6) is -36.1. The molecule has 8 nitrogen and oxygen atoms in total. The number of nitrogens with two attached hydrogens (primary N) is 2. The summed E-state index contributed by atoms with van der Waals surface area (Å²) >= 11 is 1.09. The van der Waals surface area contributed by atoms with Crippen LogP contribution in [0.3, 0.4) is 0 Å². The summed E-state index contributed by atoms with van der Waals surface area (Å²) in [5, 5.41) is 1.11. The lowest BCUT2D eigenvalue weighted by atomic mass is 9.97. The van der Waals surface area contributed by atoms with Crippen molar-refractivity contribution in [2.75, 3.05) is 10.6 Å². The van der Waals surface area contributed by atoms with E-state index in [1.54, 1.807) is 0 Å². The molecule has 18 heteroatoms. The van der Waals surface area contributed by atoms with Crippen molar-refractivity contribution < 1.29 is 54.3 Å². The molecule has 0 aliphatic heterocycles. The monoisotopic (exact) mass is 674 g/mol. The molecule has 2 heterocycles. The number of hydrogen-bond acceptors (Lipinski definition) is 6. The van der Waals surface area contributed by atoms with Gasteiger partial charge in [-0.15, -0.1) is 22.7 Å². The fraction of sp³-hybridized carbons (Fsp3) is 0.538. The lowest BCUT2D eigenvalue weighted by molar-refractivity contribution is -0.345. The quantitative estimate of drug-likeness (QED) is 0.201. The second-order valence-electron chi connectivity index (χ2n) is 10.5. The van der Waals surface area contributed by atoms with Crippen LogP contribution in [0.5, 0.6) is 0 Å². The van der Waals surface area contributed by atoms with E-state index < -0.39 is 68.4 Å². The Morgan fingerprint density at radius 3 is 1.18 bits per heavy atom. The molecule has 44 heavy (non-hydrogen) atoms. The number of halogens is 8. The standard InChI is InChI=1S/C26H26F8N4O4S2/c27-23(28,21(41)37-19-15(17(35)39)11-7-3-1-5-9-13(11)43-19)25(31,32)26(33,34)24(29,30)22(42)38-20-16(18(36)40)12-8-4-2-6-10-14(12)44-20/h1-10H2,(H2,35,39)(H2,36,40)(H,37,41)(H,38,42). The van der Waals surface area contributed by atoms with Crippen molar-refractivity contribution in [2.45, 2.75) is 87.9 Å². The third kappa shape index (κ3) is 5.54. The van der Waals surface area contributed by atoms with Gasteiger partial charge < -0.3 is 22.1 Å². The van der Waals surface area contributed by atoms with Crippen molar-refractivity contribution in [1.29, 1.82) is 0 Å². The van der Waals surface area contributed by atoms with Gasteiger partial charge in [0.25, 0.3) is 11.8 Å². The molecule has 0 radical (unpaired) electrons. The maximum Gasteiger partial charge on any atom is 0.393 e. The minimum atomic E-state index is -7.15. The van der Waals surface area contributed by atoms with E-state index >= 15 is 0 Å². The molecule has 2 aromatic rings. The summed E-state index contributed by atoms with van der Waals surface area (Å²) in [4.78, 5) is 49.5. The van der Waals surface area contributed by atoms with Crippen LogP contribution < -0.4 is 22.1 Å². The molecular formula is C26H26F8N4O4S2. The maximum absolute atomic E-state index is 14.8. The molecule has 0 aromatic carbocycles. The lowest BCUT2D eigenvalue weighted by Gasteiger charge is -2.35. The molecule has 6 N–H and O–H groups in total. The molecule has 4 amide bonds. The average Bonchev–Trinajstić information content (AvgIpc) is 3.22. The molecule has 0 atom stereocenters.